The highest BCUT2D eigenvalue weighted by Crippen LogP contribution is 2.40. The van der Waals surface area contributed by atoms with Gasteiger partial charge < -0.3 is 14.8 Å². The van der Waals surface area contributed by atoms with Crippen molar-refractivity contribution in [2.45, 2.75) is 63.7 Å². The van der Waals surface area contributed by atoms with Crippen LogP contribution >= 0.6 is 0 Å². The van der Waals surface area contributed by atoms with Crippen molar-refractivity contribution < 1.29 is 27.5 Å². The lowest BCUT2D eigenvalue weighted by molar-refractivity contribution is -0.105. The molecular formula is C32H36N2O6S. The van der Waals surface area contributed by atoms with Gasteiger partial charge >= 0.3 is 6.09 Å². The van der Waals surface area contributed by atoms with Crippen LogP contribution in [0.15, 0.2) is 83.3 Å². The van der Waals surface area contributed by atoms with E-state index in [0.29, 0.717) is 48.3 Å². The number of nitrogens with one attached hydrogen (secondary N) is 1. The molecule has 3 aromatic rings. The van der Waals surface area contributed by atoms with Crippen LogP contribution in [0.2, 0.25) is 0 Å². The summed E-state index contributed by atoms with van der Waals surface area (Å²) in [4.78, 5) is 24.5. The zero-order chi connectivity index (χ0) is 29.6. The predicted octanol–water partition coefficient (Wildman–Crippen LogP) is 6.04. The number of hydrogen-bond donors (Lipinski definition) is 1. The summed E-state index contributed by atoms with van der Waals surface area (Å²) in [5.41, 5.74) is 2.64. The van der Waals surface area contributed by atoms with Crippen LogP contribution in [0.25, 0.3) is 6.08 Å². The zero-order valence-corrected chi connectivity index (χ0v) is 24.6. The summed E-state index contributed by atoms with van der Waals surface area (Å²) in [5.74, 6) is 0.557. The van der Waals surface area contributed by atoms with Crippen molar-refractivity contribution in [3.63, 3.8) is 0 Å². The maximum Gasteiger partial charge on any atom is 0.407 e. The second kappa shape index (κ2) is 12.6. The first-order valence-electron chi connectivity index (χ1n) is 13.5. The summed E-state index contributed by atoms with van der Waals surface area (Å²) in [7, 11) is -4.05. The van der Waals surface area contributed by atoms with Crippen molar-refractivity contribution in [2.75, 3.05) is 10.8 Å². The van der Waals surface area contributed by atoms with Crippen LogP contribution in [0.1, 0.15) is 50.3 Å². The summed E-state index contributed by atoms with van der Waals surface area (Å²) in [5, 5.41) is 2.70. The predicted molar refractivity (Wildman–Crippen MR) is 159 cm³/mol. The highest BCUT2D eigenvalue weighted by molar-refractivity contribution is 7.92. The van der Waals surface area contributed by atoms with Gasteiger partial charge in [0.15, 0.2) is 0 Å². The fourth-order valence-electron chi connectivity index (χ4n) is 4.58. The highest BCUT2D eigenvalue weighted by atomic mass is 32.2. The molecule has 1 atom stereocenters. The van der Waals surface area contributed by atoms with Crippen LogP contribution < -0.4 is 14.4 Å². The molecule has 1 unspecified atom stereocenters. The normalized spacial score (nSPS) is 15.0. The minimum absolute atomic E-state index is 0.127. The Kier molecular flexibility index (Phi) is 9.18. The Hall–Kier alpha value is -4.11. The maximum atomic E-state index is 14.1. The Bertz CT molecular complexity index is 1510. The molecule has 0 aliphatic carbocycles. The van der Waals surface area contributed by atoms with E-state index in [0.717, 1.165) is 11.1 Å². The van der Waals surface area contributed by atoms with Gasteiger partial charge in [-0.15, -0.1) is 0 Å². The van der Waals surface area contributed by atoms with Crippen LogP contribution in [-0.4, -0.2) is 39.0 Å². The Morgan fingerprint density at radius 2 is 1.73 bits per heavy atom. The SMILES string of the molecule is Cc1ccc(S(=O)(=O)N2c3ccc(OCc4ccccc4)cc3C=C(C=O)C2CCCNC(=O)OC(C)(C)C)cc1. The molecule has 0 saturated heterocycles. The molecule has 8 nitrogen and oxygen atoms in total. The second-order valence-corrected chi connectivity index (χ2v) is 12.8. The Balaban J connectivity index is 1.63. The van der Waals surface area contributed by atoms with Crippen molar-refractivity contribution in [3.05, 3.63) is 95.1 Å². The summed E-state index contributed by atoms with van der Waals surface area (Å²) in [6.45, 7) is 7.83. The molecule has 1 aliphatic rings. The Labute approximate surface area is 242 Å². The molecule has 0 bridgehead atoms. The molecule has 0 saturated carbocycles. The number of alkyl carbamates (subject to hydrolysis) is 1. The van der Waals surface area contributed by atoms with E-state index >= 15 is 0 Å². The fraction of sp³-hybridized carbons (Fsp3) is 0.312. The number of aldehydes is 1. The summed E-state index contributed by atoms with van der Waals surface area (Å²) >= 11 is 0. The molecular weight excluding hydrogens is 540 g/mol. The van der Waals surface area contributed by atoms with Gasteiger partial charge in [0.2, 0.25) is 0 Å². The molecule has 0 aromatic heterocycles. The monoisotopic (exact) mass is 576 g/mol. The van der Waals surface area contributed by atoms with Gasteiger partial charge in [0, 0.05) is 17.7 Å². The van der Waals surface area contributed by atoms with Gasteiger partial charge in [-0.2, -0.15) is 0 Å². The number of anilines is 1. The first-order valence-corrected chi connectivity index (χ1v) is 15.0. The number of amides is 1. The number of rotatable bonds is 10. The van der Waals surface area contributed by atoms with Crippen molar-refractivity contribution in [1.29, 1.82) is 0 Å². The van der Waals surface area contributed by atoms with Crippen LogP contribution in [0, 0.1) is 6.92 Å². The molecule has 0 radical (unpaired) electrons. The van der Waals surface area contributed by atoms with E-state index in [-0.39, 0.29) is 11.4 Å². The van der Waals surface area contributed by atoms with E-state index in [4.69, 9.17) is 9.47 Å². The van der Waals surface area contributed by atoms with Gasteiger partial charge in [-0.25, -0.2) is 13.2 Å². The number of ether oxygens (including phenoxy) is 2. The lowest BCUT2D eigenvalue weighted by atomic mass is 9.95. The van der Waals surface area contributed by atoms with Crippen LogP contribution in [0.3, 0.4) is 0 Å². The van der Waals surface area contributed by atoms with E-state index in [1.807, 2.05) is 37.3 Å². The average Bonchev–Trinajstić information content (AvgIpc) is 2.93. The van der Waals surface area contributed by atoms with Gasteiger partial charge in [0.25, 0.3) is 10.0 Å². The standard InChI is InChI=1S/C32H36N2O6S/c1-23-12-15-28(16-13-23)41(37,38)34-29(11-8-18-33-31(36)40-32(2,3)4)26(21-35)19-25-20-27(14-17-30(25)34)39-22-24-9-6-5-7-10-24/h5-7,9-10,12-17,19-21,29H,8,11,18,22H2,1-4H3,(H,33,36). The first kappa shape index (κ1) is 29.9. The third kappa shape index (κ3) is 7.55. The van der Waals surface area contributed by atoms with Gasteiger partial charge in [-0.3, -0.25) is 9.10 Å². The van der Waals surface area contributed by atoms with Crippen molar-refractivity contribution >= 4 is 34.2 Å². The minimum Gasteiger partial charge on any atom is -0.489 e. The number of carbonyl (C=O) groups excluding carboxylic acids is 2. The number of sulfonamides is 1. The fourth-order valence-corrected chi connectivity index (χ4v) is 6.27. The molecule has 1 amide bonds. The number of fused-ring (bicyclic) bond motifs is 1. The smallest absolute Gasteiger partial charge is 0.407 e. The lowest BCUT2D eigenvalue weighted by Gasteiger charge is -2.37. The zero-order valence-electron chi connectivity index (χ0n) is 23.8. The van der Waals surface area contributed by atoms with Gasteiger partial charge in [-0.1, -0.05) is 48.0 Å². The summed E-state index contributed by atoms with van der Waals surface area (Å²) < 4.78 is 40.8. The lowest BCUT2D eigenvalue weighted by Crippen LogP contribution is -2.44. The molecule has 3 aromatic carbocycles. The average molecular weight is 577 g/mol. The second-order valence-electron chi connectivity index (χ2n) is 11.0. The van der Waals surface area contributed by atoms with Crippen LogP contribution in [0.4, 0.5) is 10.5 Å². The van der Waals surface area contributed by atoms with Gasteiger partial charge in [-0.05, 0) is 82.5 Å². The molecule has 0 spiro atoms. The molecule has 1 heterocycles. The highest BCUT2D eigenvalue weighted by Gasteiger charge is 2.37. The van der Waals surface area contributed by atoms with E-state index in [1.165, 1.54) is 4.31 Å². The summed E-state index contributed by atoms with van der Waals surface area (Å²) in [6, 6.07) is 20.8. The largest absolute Gasteiger partial charge is 0.489 e. The number of nitrogens with zero attached hydrogens (tertiary/aromatic N) is 1. The molecule has 4 rings (SSSR count). The van der Waals surface area contributed by atoms with Crippen molar-refractivity contribution in [1.82, 2.24) is 5.32 Å². The van der Waals surface area contributed by atoms with Crippen molar-refractivity contribution in [3.8, 4) is 5.75 Å². The molecule has 1 N–H and O–H groups in total. The first-order chi connectivity index (χ1) is 19.5. The number of carbonyl (C=O) groups is 2. The van der Waals surface area contributed by atoms with Gasteiger partial charge in [0.1, 0.15) is 24.2 Å². The third-order valence-corrected chi connectivity index (χ3v) is 8.35. The van der Waals surface area contributed by atoms with E-state index in [2.05, 4.69) is 5.32 Å². The Morgan fingerprint density at radius 3 is 2.39 bits per heavy atom. The van der Waals surface area contributed by atoms with Crippen molar-refractivity contribution in [2.24, 2.45) is 0 Å². The molecule has 9 heteroatoms. The van der Waals surface area contributed by atoms with E-state index < -0.39 is 27.8 Å². The van der Waals surface area contributed by atoms with Crippen LogP contribution in [0.5, 0.6) is 5.75 Å². The molecule has 216 valence electrons. The molecule has 41 heavy (non-hydrogen) atoms. The van der Waals surface area contributed by atoms with E-state index in [9.17, 15) is 18.0 Å². The summed E-state index contributed by atoms with van der Waals surface area (Å²) in [6.07, 6.45) is 2.58. The van der Waals surface area contributed by atoms with Gasteiger partial charge in [0.05, 0.1) is 16.6 Å². The van der Waals surface area contributed by atoms with Crippen LogP contribution in [-0.2, 0) is 26.2 Å². The number of hydrogen-bond acceptors (Lipinski definition) is 6. The topological polar surface area (TPSA) is 102 Å². The minimum atomic E-state index is -4.05. The molecule has 1 aliphatic heterocycles. The third-order valence-electron chi connectivity index (χ3n) is 6.51. The molecule has 0 fully saturated rings. The Morgan fingerprint density at radius 1 is 1.02 bits per heavy atom. The number of aryl methyl sites for hydroxylation is 1. The quantitative estimate of drug-likeness (QED) is 0.233. The number of benzene rings is 3. The maximum absolute atomic E-state index is 14.1. The van der Waals surface area contributed by atoms with E-state index in [1.54, 1.807) is 69.3 Å².